The molecule has 0 saturated heterocycles. The van der Waals surface area contributed by atoms with Crippen molar-refractivity contribution >= 4 is 21.7 Å². The van der Waals surface area contributed by atoms with Gasteiger partial charge in [-0.25, -0.2) is 9.97 Å². The highest BCUT2D eigenvalue weighted by atomic mass is 79.9. The van der Waals surface area contributed by atoms with Crippen molar-refractivity contribution in [3.8, 4) is 0 Å². The SMILES string of the molecule is CCN(CC)c1cc(Br)nc(C)n1. The summed E-state index contributed by atoms with van der Waals surface area (Å²) < 4.78 is 0.849. The van der Waals surface area contributed by atoms with Gasteiger partial charge in [0.05, 0.1) is 0 Å². The third-order valence-electron chi connectivity index (χ3n) is 1.88. The highest BCUT2D eigenvalue weighted by molar-refractivity contribution is 9.10. The molecule has 0 atom stereocenters. The summed E-state index contributed by atoms with van der Waals surface area (Å²) in [5, 5.41) is 0. The highest BCUT2D eigenvalue weighted by Gasteiger charge is 2.05. The Morgan fingerprint density at radius 1 is 1.31 bits per heavy atom. The van der Waals surface area contributed by atoms with Crippen LogP contribution in [0.5, 0.6) is 0 Å². The lowest BCUT2D eigenvalue weighted by molar-refractivity contribution is 0.831. The first-order valence-corrected chi connectivity index (χ1v) is 5.22. The quantitative estimate of drug-likeness (QED) is 0.764. The minimum atomic E-state index is 0.802. The van der Waals surface area contributed by atoms with Gasteiger partial charge in [0.15, 0.2) is 0 Å². The Hall–Kier alpha value is -0.640. The van der Waals surface area contributed by atoms with Crippen LogP contribution in [-0.4, -0.2) is 23.1 Å². The second-order valence-electron chi connectivity index (χ2n) is 2.77. The molecule has 4 heteroatoms. The van der Waals surface area contributed by atoms with Crippen LogP contribution in [0.4, 0.5) is 5.82 Å². The molecule has 0 radical (unpaired) electrons. The molecule has 0 bridgehead atoms. The maximum atomic E-state index is 4.36. The van der Waals surface area contributed by atoms with Gasteiger partial charge >= 0.3 is 0 Å². The van der Waals surface area contributed by atoms with Crippen molar-refractivity contribution < 1.29 is 0 Å². The number of aryl methyl sites for hydroxylation is 1. The lowest BCUT2D eigenvalue weighted by atomic mass is 10.4. The number of nitrogens with zero attached hydrogens (tertiary/aromatic N) is 3. The molecule has 0 aliphatic rings. The molecule has 1 aromatic heterocycles. The largest absolute Gasteiger partial charge is 0.357 e. The Morgan fingerprint density at radius 2 is 1.92 bits per heavy atom. The number of hydrogen-bond donors (Lipinski definition) is 0. The Kier molecular flexibility index (Phi) is 3.66. The van der Waals surface area contributed by atoms with Crippen molar-refractivity contribution in [1.29, 1.82) is 0 Å². The summed E-state index contributed by atoms with van der Waals surface area (Å²) >= 11 is 3.36. The molecular weight excluding hydrogens is 230 g/mol. The van der Waals surface area contributed by atoms with E-state index >= 15 is 0 Å². The zero-order valence-corrected chi connectivity index (χ0v) is 9.80. The molecule has 3 nitrogen and oxygen atoms in total. The van der Waals surface area contributed by atoms with E-state index in [4.69, 9.17) is 0 Å². The summed E-state index contributed by atoms with van der Waals surface area (Å²) in [5.74, 6) is 1.79. The first-order valence-electron chi connectivity index (χ1n) is 4.43. The van der Waals surface area contributed by atoms with Crippen molar-refractivity contribution in [2.24, 2.45) is 0 Å². The fourth-order valence-corrected chi connectivity index (χ4v) is 1.69. The number of anilines is 1. The van der Waals surface area contributed by atoms with Crippen molar-refractivity contribution in [2.45, 2.75) is 20.8 Å². The summed E-state index contributed by atoms with van der Waals surface area (Å²) in [5.41, 5.74) is 0. The molecule has 1 heterocycles. The van der Waals surface area contributed by atoms with Crippen LogP contribution in [0.25, 0.3) is 0 Å². The molecule has 0 aromatic carbocycles. The van der Waals surface area contributed by atoms with E-state index in [1.54, 1.807) is 0 Å². The second-order valence-corrected chi connectivity index (χ2v) is 3.58. The summed E-state index contributed by atoms with van der Waals surface area (Å²) in [6.07, 6.45) is 0. The van der Waals surface area contributed by atoms with Gasteiger partial charge in [0.1, 0.15) is 16.2 Å². The maximum Gasteiger partial charge on any atom is 0.133 e. The van der Waals surface area contributed by atoms with Gasteiger partial charge in [-0.1, -0.05) is 0 Å². The van der Waals surface area contributed by atoms with Crippen LogP contribution in [-0.2, 0) is 0 Å². The van der Waals surface area contributed by atoms with E-state index in [0.29, 0.717) is 0 Å². The van der Waals surface area contributed by atoms with Gasteiger partial charge in [-0.15, -0.1) is 0 Å². The molecule has 0 saturated carbocycles. The van der Waals surface area contributed by atoms with Crippen LogP contribution in [0.2, 0.25) is 0 Å². The van der Waals surface area contributed by atoms with Crippen LogP contribution in [0, 0.1) is 6.92 Å². The van der Waals surface area contributed by atoms with Crippen LogP contribution >= 0.6 is 15.9 Å². The second kappa shape index (κ2) is 4.56. The van der Waals surface area contributed by atoms with Gasteiger partial charge in [0, 0.05) is 19.2 Å². The van der Waals surface area contributed by atoms with E-state index in [-0.39, 0.29) is 0 Å². The van der Waals surface area contributed by atoms with Crippen LogP contribution < -0.4 is 4.90 Å². The van der Waals surface area contributed by atoms with Crippen LogP contribution in [0.15, 0.2) is 10.7 Å². The molecule has 0 unspecified atom stereocenters. The molecule has 13 heavy (non-hydrogen) atoms. The Labute approximate surface area is 87.3 Å². The lowest BCUT2D eigenvalue weighted by Gasteiger charge is -2.19. The van der Waals surface area contributed by atoms with Crippen molar-refractivity contribution in [3.63, 3.8) is 0 Å². The first kappa shape index (κ1) is 10.4. The van der Waals surface area contributed by atoms with Crippen LogP contribution in [0.1, 0.15) is 19.7 Å². The molecule has 0 fully saturated rings. The minimum Gasteiger partial charge on any atom is -0.357 e. The molecule has 72 valence electrons. The van der Waals surface area contributed by atoms with E-state index in [1.165, 1.54) is 0 Å². The van der Waals surface area contributed by atoms with E-state index in [9.17, 15) is 0 Å². The topological polar surface area (TPSA) is 29.0 Å². The average molecular weight is 244 g/mol. The van der Waals surface area contributed by atoms with E-state index < -0.39 is 0 Å². The van der Waals surface area contributed by atoms with E-state index in [1.807, 2.05) is 13.0 Å². The van der Waals surface area contributed by atoms with Crippen molar-refractivity contribution in [1.82, 2.24) is 9.97 Å². The van der Waals surface area contributed by atoms with Gasteiger partial charge in [-0.05, 0) is 36.7 Å². The molecule has 0 amide bonds. The normalized spacial score (nSPS) is 10.2. The third-order valence-corrected chi connectivity index (χ3v) is 2.29. The number of rotatable bonds is 3. The van der Waals surface area contributed by atoms with Crippen molar-refractivity contribution in [2.75, 3.05) is 18.0 Å². The monoisotopic (exact) mass is 243 g/mol. The van der Waals surface area contributed by atoms with E-state index in [0.717, 1.165) is 29.3 Å². The zero-order chi connectivity index (χ0) is 9.84. The fraction of sp³-hybridized carbons (Fsp3) is 0.556. The Balaban J connectivity index is 2.99. The van der Waals surface area contributed by atoms with Gasteiger partial charge in [-0.3, -0.25) is 0 Å². The predicted molar refractivity (Wildman–Crippen MR) is 58.0 cm³/mol. The number of halogens is 1. The highest BCUT2D eigenvalue weighted by Crippen LogP contribution is 2.15. The van der Waals surface area contributed by atoms with Gasteiger partial charge < -0.3 is 4.90 Å². The molecule has 0 spiro atoms. The Morgan fingerprint density at radius 3 is 2.38 bits per heavy atom. The fourth-order valence-electron chi connectivity index (χ4n) is 1.23. The average Bonchev–Trinajstić information content (AvgIpc) is 2.04. The molecule has 1 aromatic rings. The zero-order valence-electron chi connectivity index (χ0n) is 8.21. The summed E-state index contributed by atoms with van der Waals surface area (Å²) in [7, 11) is 0. The molecule has 0 aliphatic carbocycles. The van der Waals surface area contributed by atoms with E-state index in [2.05, 4.69) is 44.6 Å². The summed E-state index contributed by atoms with van der Waals surface area (Å²) in [6, 6.07) is 1.94. The van der Waals surface area contributed by atoms with Crippen LogP contribution in [0.3, 0.4) is 0 Å². The lowest BCUT2D eigenvalue weighted by Crippen LogP contribution is -2.23. The minimum absolute atomic E-state index is 0.802. The van der Waals surface area contributed by atoms with Gasteiger partial charge in [0.25, 0.3) is 0 Å². The standard InChI is InChI=1S/C9H14BrN3/c1-4-13(5-2)9-6-8(10)11-7(3)12-9/h6H,4-5H2,1-3H3. The molecular formula is C9H14BrN3. The predicted octanol–water partition coefficient (Wildman–Crippen LogP) is 2.39. The van der Waals surface area contributed by atoms with Gasteiger partial charge in [0.2, 0.25) is 0 Å². The Bertz CT molecular complexity index is 264. The summed E-state index contributed by atoms with van der Waals surface area (Å²) in [6.45, 7) is 8.08. The summed E-state index contributed by atoms with van der Waals surface area (Å²) in [4.78, 5) is 10.7. The maximum absolute atomic E-state index is 4.36. The number of aromatic nitrogens is 2. The third kappa shape index (κ3) is 2.66. The number of hydrogen-bond acceptors (Lipinski definition) is 3. The van der Waals surface area contributed by atoms with Crippen molar-refractivity contribution in [3.05, 3.63) is 16.5 Å². The first-order chi connectivity index (χ1) is 6.17. The molecule has 0 N–H and O–H groups in total. The van der Waals surface area contributed by atoms with Gasteiger partial charge in [-0.2, -0.15) is 0 Å². The molecule has 0 aliphatic heterocycles. The smallest absolute Gasteiger partial charge is 0.133 e. The molecule has 1 rings (SSSR count).